The van der Waals surface area contributed by atoms with Gasteiger partial charge in [-0.1, -0.05) is 0 Å². The van der Waals surface area contributed by atoms with Gasteiger partial charge in [-0.05, 0) is 34.1 Å². The number of nitrogens with zero attached hydrogens (tertiary/aromatic N) is 4. The number of aromatic nitrogens is 2. The molecule has 0 spiro atoms. The Bertz CT molecular complexity index is 744. The zero-order valence-electron chi connectivity index (χ0n) is 10.4. The molecule has 0 aliphatic heterocycles. The summed E-state index contributed by atoms with van der Waals surface area (Å²) in [5, 5.41) is 22.6. The summed E-state index contributed by atoms with van der Waals surface area (Å²) in [6.07, 6.45) is 1.04. The predicted molar refractivity (Wildman–Crippen MR) is 78.6 cm³/mol. The van der Waals surface area contributed by atoms with Crippen molar-refractivity contribution in [2.45, 2.75) is 0 Å². The van der Waals surface area contributed by atoms with Gasteiger partial charge >= 0.3 is 5.69 Å². The van der Waals surface area contributed by atoms with E-state index < -0.39 is 4.92 Å². The van der Waals surface area contributed by atoms with Crippen LogP contribution in [0.15, 0.2) is 28.9 Å². The van der Waals surface area contributed by atoms with Crippen LogP contribution in [0.3, 0.4) is 0 Å². The Labute approximate surface area is 127 Å². The molecule has 0 radical (unpaired) electrons. The minimum absolute atomic E-state index is 0.0200. The lowest BCUT2D eigenvalue weighted by Gasteiger charge is -2.09. The quantitative estimate of drug-likeness (QED) is 0.432. The minimum atomic E-state index is -0.611. The van der Waals surface area contributed by atoms with Crippen LogP contribution in [0, 0.1) is 21.4 Å². The smallest absolute Gasteiger partial charge is 0.329 e. The van der Waals surface area contributed by atoms with Gasteiger partial charge in [-0.2, -0.15) is 10.2 Å². The lowest BCUT2D eigenvalue weighted by atomic mass is 10.2. The van der Waals surface area contributed by atoms with Crippen molar-refractivity contribution in [1.29, 1.82) is 5.26 Å². The molecule has 1 heterocycles. The predicted octanol–water partition coefficient (Wildman–Crippen LogP) is 2.05. The molecule has 4 N–H and O–H groups in total. The molecule has 2 rings (SSSR count). The maximum atomic E-state index is 11.0. The number of anilines is 3. The number of nitrogen functional groups attached to an aromatic ring is 1. The summed E-state index contributed by atoms with van der Waals surface area (Å²) in [4.78, 5) is 18.0. The van der Waals surface area contributed by atoms with Crippen molar-refractivity contribution in [3.05, 3.63) is 44.5 Å². The lowest BCUT2D eigenvalue weighted by molar-refractivity contribution is -0.384. The van der Waals surface area contributed by atoms with E-state index in [2.05, 4.69) is 36.6 Å². The Morgan fingerprint density at radius 1 is 1.48 bits per heavy atom. The van der Waals surface area contributed by atoms with E-state index in [9.17, 15) is 10.1 Å². The molecule has 0 fully saturated rings. The third kappa shape index (κ3) is 3.22. The fourth-order valence-electron chi connectivity index (χ4n) is 1.48. The molecule has 0 saturated heterocycles. The molecule has 0 unspecified atom stereocenters. The molecular formula is C11H8BrN7O2. The molecular weight excluding hydrogens is 342 g/mol. The molecule has 1 aromatic heterocycles. The van der Waals surface area contributed by atoms with E-state index in [1.165, 1.54) is 0 Å². The molecule has 0 saturated carbocycles. The Hall–Kier alpha value is -2.77. The van der Waals surface area contributed by atoms with Crippen molar-refractivity contribution >= 4 is 39.1 Å². The second-order valence-corrected chi connectivity index (χ2v) is 4.61. The molecule has 2 aromatic rings. The second-order valence-electron chi connectivity index (χ2n) is 3.76. The molecule has 1 aromatic carbocycles. The number of hydrazine groups is 1. The summed E-state index contributed by atoms with van der Waals surface area (Å²) in [5.41, 5.74) is 2.88. The van der Waals surface area contributed by atoms with E-state index in [-0.39, 0.29) is 17.5 Å². The first-order chi connectivity index (χ1) is 10.0. The van der Waals surface area contributed by atoms with E-state index in [0.717, 1.165) is 6.20 Å². The highest BCUT2D eigenvalue weighted by atomic mass is 79.9. The number of nitrogens with one attached hydrogen (secondary N) is 2. The summed E-state index contributed by atoms with van der Waals surface area (Å²) < 4.78 is 0.566. The highest BCUT2D eigenvalue weighted by molar-refractivity contribution is 9.10. The third-order valence-corrected chi connectivity index (χ3v) is 3.10. The van der Waals surface area contributed by atoms with Crippen LogP contribution in [-0.4, -0.2) is 14.9 Å². The molecule has 0 amide bonds. The normalized spacial score (nSPS) is 9.76. The van der Waals surface area contributed by atoms with Crippen LogP contribution < -0.4 is 16.6 Å². The second kappa shape index (κ2) is 6.12. The first kappa shape index (κ1) is 14.6. The Balaban J connectivity index is 2.43. The molecule has 0 aliphatic carbocycles. The van der Waals surface area contributed by atoms with E-state index in [1.807, 2.05) is 6.07 Å². The molecule has 21 heavy (non-hydrogen) atoms. The molecule has 0 aliphatic rings. The van der Waals surface area contributed by atoms with Crippen LogP contribution in [0.1, 0.15) is 5.56 Å². The number of nitro groups is 1. The zero-order chi connectivity index (χ0) is 15.4. The van der Waals surface area contributed by atoms with Gasteiger partial charge in [0.25, 0.3) is 0 Å². The average molecular weight is 350 g/mol. The topological polar surface area (TPSA) is 143 Å². The number of rotatable bonds is 4. The monoisotopic (exact) mass is 349 g/mol. The standard InChI is InChI=1S/C11H8BrN7O2/c12-7-3-6(4-13)1-2-8(7)16-10-9(19(20)21)5-15-11(17-10)18-14/h1-3,5H,14H2,(H2,15,16,17,18). The van der Waals surface area contributed by atoms with Gasteiger partial charge < -0.3 is 5.32 Å². The number of benzene rings is 1. The minimum Gasteiger partial charge on any atom is -0.333 e. The Morgan fingerprint density at radius 3 is 2.81 bits per heavy atom. The fraction of sp³-hybridized carbons (Fsp3) is 0. The van der Waals surface area contributed by atoms with Gasteiger partial charge in [0.15, 0.2) is 0 Å². The average Bonchev–Trinajstić information content (AvgIpc) is 2.48. The number of halogens is 1. The third-order valence-electron chi connectivity index (χ3n) is 2.45. The summed E-state index contributed by atoms with van der Waals surface area (Å²) in [5.74, 6) is 5.20. The fourth-order valence-corrected chi connectivity index (χ4v) is 1.96. The van der Waals surface area contributed by atoms with Crippen LogP contribution >= 0.6 is 15.9 Å². The SMILES string of the molecule is N#Cc1ccc(Nc2nc(NN)ncc2[N+](=O)[O-])c(Br)c1. The molecule has 9 nitrogen and oxygen atoms in total. The maximum Gasteiger partial charge on any atom is 0.329 e. The van der Waals surface area contributed by atoms with Gasteiger partial charge in [0, 0.05) is 4.47 Å². The van der Waals surface area contributed by atoms with Crippen molar-refractivity contribution in [3.8, 4) is 6.07 Å². The van der Waals surface area contributed by atoms with E-state index in [0.29, 0.717) is 15.7 Å². The number of hydrogen-bond donors (Lipinski definition) is 3. The maximum absolute atomic E-state index is 11.0. The largest absolute Gasteiger partial charge is 0.333 e. The van der Waals surface area contributed by atoms with E-state index >= 15 is 0 Å². The van der Waals surface area contributed by atoms with Crippen molar-refractivity contribution in [1.82, 2.24) is 9.97 Å². The van der Waals surface area contributed by atoms with Gasteiger partial charge in [-0.3, -0.25) is 15.5 Å². The molecule has 0 atom stereocenters. The van der Waals surface area contributed by atoms with Crippen LogP contribution in [0.25, 0.3) is 0 Å². The first-order valence-electron chi connectivity index (χ1n) is 5.50. The number of hydrogen-bond acceptors (Lipinski definition) is 8. The molecule has 106 valence electrons. The van der Waals surface area contributed by atoms with E-state index in [1.54, 1.807) is 18.2 Å². The lowest BCUT2D eigenvalue weighted by Crippen LogP contribution is -2.12. The Kier molecular flexibility index (Phi) is 4.27. The summed E-state index contributed by atoms with van der Waals surface area (Å²) in [7, 11) is 0. The molecule has 10 heteroatoms. The van der Waals surface area contributed by atoms with Crippen molar-refractivity contribution in [3.63, 3.8) is 0 Å². The number of nitrogens with two attached hydrogens (primary N) is 1. The summed E-state index contributed by atoms with van der Waals surface area (Å²) in [6, 6.07) is 6.74. The summed E-state index contributed by atoms with van der Waals surface area (Å²) in [6.45, 7) is 0. The first-order valence-corrected chi connectivity index (χ1v) is 6.29. The van der Waals surface area contributed by atoms with Gasteiger partial charge in [-0.15, -0.1) is 0 Å². The zero-order valence-corrected chi connectivity index (χ0v) is 12.0. The Morgan fingerprint density at radius 2 is 2.24 bits per heavy atom. The van der Waals surface area contributed by atoms with Crippen molar-refractivity contribution in [2.75, 3.05) is 10.7 Å². The molecule has 0 bridgehead atoms. The number of nitriles is 1. The van der Waals surface area contributed by atoms with E-state index in [4.69, 9.17) is 11.1 Å². The van der Waals surface area contributed by atoms with Crippen LogP contribution in [0.4, 0.5) is 23.1 Å². The van der Waals surface area contributed by atoms with Crippen LogP contribution in [0.5, 0.6) is 0 Å². The van der Waals surface area contributed by atoms with Crippen molar-refractivity contribution in [2.24, 2.45) is 5.84 Å². The van der Waals surface area contributed by atoms with Crippen LogP contribution in [-0.2, 0) is 0 Å². The highest BCUT2D eigenvalue weighted by Gasteiger charge is 2.18. The van der Waals surface area contributed by atoms with Gasteiger partial charge in [-0.25, -0.2) is 10.8 Å². The van der Waals surface area contributed by atoms with Gasteiger partial charge in [0.05, 0.1) is 22.2 Å². The van der Waals surface area contributed by atoms with Gasteiger partial charge in [0.1, 0.15) is 6.20 Å². The van der Waals surface area contributed by atoms with Crippen molar-refractivity contribution < 1.29 is 4.92 Å². The van der Waals surface area contributed by atoms with Crippen LogP contribution in [0.2, 0.25) is 0 Å². The van der Waals surface area contributed by atoms with Gasteiger partial charge in [0.2, 0.25) is 11.8 Å². The highest BCUT2D eigenvalue weighted by Crippen LogP contribution is 2.30. The summed E-state index contributed by atoms with van der Waals surface area (Å²) >= 11 is 3.28.